The van der Waals surface area contributed by atoms with E-state index in [1.807, 2.05) is 96.1 Å². The van der Waals surface area contributed by atoms with Crippen molar-refractivity contribution in [3.63, 3.8) is 0 Å². The van der Waals surface area contributed by atoms with E-state index in [0.29, 0.717) is 0 Å². The minimum absolute atomic E-state index is 0. The van der Waals surface area contributed by atoms with Gasteiger partial charge in [0.05, 0.1) is 0 Å². The predicted molar refractivity (Wildman–Crippen MR) is 126 cm³/mol. The average molecular weight is 553 g/mol. The number of rotatable bonds is 0. The van der Waals surface area contributed by atoms with Gasteiger partial charge < -0.3 is 20.1 Å². The number of hydrogen-bond donors (Lipinski definition) is 0. The van der Waals surface area contributed by atoms with E-state index in [1.165, 1.54) is 12.8 Å². The molecule has 0 aromatic heterocycles. The second-order valence-electron chi connectivity index (χ2n) is 7.98. The third-order valence-electron chi connectivity index (χ3n) is 5.05. The third kappa shape index (κ3) is 17.3. The normalized spacial score (nSPS) is 10.8. The molecule has 0 radical (unpaired) electrons. The topological polar surface area (TPSA) is 78.4 Å². The molecule has 1 aliphatic rings. The Morgan fingerprint density at radius 1 is 0.457 bits per heavy atom. The number of aryl methyl sites for hydroxylation is 6. The number of benzene rings is 3. The van der Waals surface area contributed by atoms with Gasteiger partial charge in [-0.25, -0.2) is 0 Å². The fraction of sp³-hybridized carbons (Fsp3) is 0.357. The largest absolute Gasteiger partial charge is 1.00 e. The van der Waals surface area contributed by atoms with E-state index in [9.17, 15) is 15.3 Å². The molecule has 3 aromatic carbocycles. The fourth-order valence-electron chi connectivity index (χ4n) is 2.91. The van der Waals surface area contributed by atoms with Crippen LogP contribution in [0.5, 0.6) is 17.2 Å². The summed E-state index contributed by atoms with van der Waals surface area (Å²) in [5, 5.41) is 32.9. The van der Waals surface area contributed by atoms with E-state index in [0.717, 1.165) is 46.6 Å². The summed E-state index contributed by atoms with van der Waals surface area (Å²) >= 11 is 0. The van der Waals surface area contributed by atoms with Crippen LogP contribution in [0.3, 0.4) is 0 Å². The van der Waals surface area contributed by atoms with E-state index in [1.54, 1.807) is 0 Å². The maximum Gasteiger partial charge on any atom is 1.00 e. The zero-order valence-corrected chi connectivity index (χ0v) is 32.5. The molecule has 7 heteroatoms. The molecule has 0 bridgehead atoms. The summed E-state index contributed by atoms with van der Waals surface area (Å²) in [6.07, 6.45) is 2.56. The molecular formula is C28H35K3O4. The second kappa shape index (κ2) is 23.8. The van der Waals surface area contributed by atoms with Crippen molar-refractivity contribution in [1.82, 2.24) is 0 Å². The van der Waals surface area contributed by atoms with Gasteiger partial charge in [-0.15, -0.1) is 17.2 Å². The first kappa shape index (κ1) is 41.4. The molecule has 1 fully saturated rings. The Morgan fingerprint density at radius 3 is 0.771 bits per heavy atom. The summed E-state index contributed by atoms with van der Waals surface area (Å²) in [6, 6.07) is 16.7. The molecule has 0 atom stereocenters. The monoisotopic (exact) mass is 552 g/mol. The molecule has 35 heavy (non-hydrogen) atoms. The molecule has 4 rings (SSSR count). The van der Waals surface area contributed by atoms with Crippen LogP contribution in [0.2, 0.25) is 0 Å². The molecule has 3 aromatic rings. The van der Waals surface area contributed by atoms with Gasteiger partial charge in [-0.2, -0.15) is 0 Å². The summed E-state index contributed by atoms with van der Waals surface area (Å²) < 4.78 is 4.94. The standard InChI is InChI=1S/3C8H10O.C4H8O.3K/c3*1-6-4-3-5-7(2)8(6)9;1-2-4-5-3-1;;;/h3*3-5,9H,1-2H3;1-4H2;;;/q;;;;3*+1/p-3. The molecule has 4 nitrogen and oxygen atoms in total. The Bertz CT molecular complexity index is 788. The van der Waals surface area contributed by atoms with Gasteiger partial charge in [0, 0.05) is 13.2 Å². The van der Waals surface area contributed by atoms with Crippen molar-refractivity contribution in [3.8, 4) is 17.2 Å². The van der Waals surface area contributed by atoms with Crippen LogP contribution in [-0.4, -0.2) is 13.2 Å². The summed E-state index contributed by atoms with van der Waals surface area (Å²) in [5.74, 6) is 0.493. The molecule has 0 N–H and O–H groups in total. The third-order valence-corrected chi connectivity index (χ3v) is 5.05. The first-order chi connectivity index (χ1) is 15.1. The molecule has 0 amide bonds. The summed E-state index contributed by atoms with van der Waals surface area (Å²) in [7, 11) is 0. The molecule has 0 unspecified atom stereocenters. The maximum absolute atomic E-state index is 11.0. The van der Waals surface area contributed by atoms with Crippen molar-refractivity contribution in [1.29, 1.82) is 0 Å². The number of ether oxygens (including phenoxy) is 1. The quantitative estimate of drug-likeness (QED) is 0.266. The molecule has 1 aliphatic heterocycles. The van der Waals surface area contributed by atoms with Gasteiger partial charge in [0.1, 0.15) is 0 Å². The van der Waals surface area contributed by atoms with E-state index in [2.05, 4.69) is 0 Å². The van der Waals surface area contributed by atoms with Gasteiger partial charge in [0.15, 0.2) is 0 Å². The first-order valence-electron chi connectivity index (χ1n) is 10.9. The van der Waals surface area contributed by atoms with Crippen molar-refractivity contribution in [2.75, 3.05) is 13.2 Å². The molecule has 1 saturated heterocycles. The average Bonchev–Trinajstić information content (AvgIpc) is 3.35. The summed E-state index contributed by atoms with van der Waals surface area (Å²) in [6.45, 7) is 13.0. The van der Waals surface area contributed by atoms with Crippen LogP contribution < -0.4 is 169 Å². The Kier molecular flexibility index (Phi) is 28.1. The molecule has 0 saturated carbocycles. The van der Waals surface area contributed by atoms with E-state index < -0.39 is 0 Å². The van der Waals surface area contributed by atoms with E-state index in [-0.39, 0.29) is 171 Å². The second-order valence-corrected chi connectivity index (χ2v) is 7.98. The Balaban J connectivity index is -0.000000386. The zero-order chi connectivity index (χ0) is 24.1. The van der Waals surface area contributed by atoms with E-state index >= 15 is 0 Å². The van der Waals surface area contributed by atoms with E-state index in [4.69, 9.17) is 4.74 Å². The summed E-state index contributed by atoms with van der Waals surface area (Å²) in [4.78, 5) is 0. The maximum atomic E-state index is 11.0. The predicted octanol–water partition coefficient (Wildman–Crippen LogP) is -4.06. The SMILES string of the molecule is C1CCOC1.Cc1cccc(C)c1[O-].Cc1cccc(C)c1[O-].Cc1cccc(C)c1[O-].[K+].[K+].[K+]. The van der Waals surface area contributed by atoms with Crippen molar-refractivity contribution in [2.45, 2.75) is 54.4 Å². The number of para-hydroxylation sites is 3. The Morgan fingerprint density at radius 2 is 0.657 bits per heavy atom. The van der Waals surface area contributed by atoms with Crippen molar-refractivity contribution in [2.24, 2.45) is 0 Å². The molecule has 174 valence electrons. The zero-order valence-electron chi connectivity index (χ0n) is 23.2. The van der Waals surface area contributed by atoms with Gasteiger partial charge in [0.2, 0.25) is 0 Å². The van der Waals surface area contributed by atoms with Crippen LogP contribution in [0.1, 0.15) is 46.2 Å². The van der Waals surface area contributed by atoms with Crippen molar-refractivity contribution < 1.29 is 174 Å². The van der Waals surface area contributed by atoms with Crippen LogP contribution in [0.4, 0.5) is 0 Å². The van der Waals surface area contributed by atoms with Gasteiger partial charge in [0.25, 0.3) is 0 Å². The molecular weight excluding hydrogens is 518 g/mol. The van der Waals surface area contributed by atoms with Crippen LogP contribution >= 0.6 is 0 Å². The first-order valence-corrected chi connectivity index (χ1v) is 10.9. The minimum Gasteiger partial charge on any atom is -0.872 e. The van der Waals surface area contributed by atoms with Crippen LogP contribution in [0, 0.1) is 41.5 Å². The van der Waals surface area contributed by atoms with Crippen LogP contribution in [-0.2, 0) is 4.74 Å². The Hall–Kier alpha value is 1.93. The minimum atomic E-state index is 0. The van der Waals surface area contributed by atoms with Gasteiger partial charge in [-0.1, -0.05) is 88.0 Å². The van der Waals surface area contributed by atoms with Gasteiger partial charge >= 0.3 is 154 Å². The Labute approximate surface area is 339 Å². The smallest absolute Gasteiger partial charge is 0.872 e. The molecule has 1 heterocycles. The van der Waals surface area contributed by atoms with Gasteiger partial charge in [-0.3, -0.25) is 0 Å². The van der Waals surface area contributed by atoms with Crippen molar-refractivity contribution in [3.05, 3.63) is 88.0 Å². The van der Waals surface area contributed by atoms with Gasteiger partial charge in [-0.05, 0) is 54.4 Å². The molecule has 0 spiro atoms. The van der Waals surface area contributed by atoms with Crippen molar-refractivity contribution >= 4 is 0 Å². The fourth-order valence-corrected chi connectivity index (χ4v) is 2.91. The van der Waals surface area contributed by atoms with Crippen LogP contribution in [0.15, 0.2) is 54.6 Å². The summed E-state index contributed by atoms with van der Waals surface area (Å²) in [5.41, 5.74) is 4.97. The van der Waals surface area contributed by atoms with Crippen LogP contribution in [0.25, 0.3) is 0 Å². The molecule has 0 aliphatic carbocycles. The number of hydrogen-bond acceptors (Lipinski definition) is 4.